The topological polar surface area (TPSA) is 59.2 Å². The smallest absolute Gasteiger partial charge is 0.232 e. The maximum absolute atomic E-state index is 12.4. The predicted molar refractivity (Wildman–Crippen MR) is 95.4 cm³/mol. The molecule has 0 bridgehead atoms. The van der Waals surface area contributed by atoms with Gasteiger partial charge in [-0.25, -0.2) is 0 Å². The number of aryl methyl sites for hydroxylation is 2. The van der Waals surface area contributed by atoms with E-state index in [0.29, 0.717) is 24.7 Å². The van der Waals surface area contributed by atoms with E-state index < -0.39 is 0 Å². The third kappa shape index (κ3) is 2.93. The van der Waals surface area contributed by atoms with Crippen LogP contribution in [0.4, 0.5) is 5.69 Å². The van der Waals surface area contributed by atoms with Crippen molar-refractivity contribution in [1.82, 2.24) is 10.1 Å². The Morgan fingerprint density at radius 1 is 1.08 bits per heavy atom. The normalized spacial score (nSPS) is 17.3. The van der Waals surface area contributed by atoms with Crippen LogP contribution < -0.4 is 4.90 Å². The molecule has 5 nitrogen and oxygen atoms in total. The zero-order chi connectivity index (χ0) is 17.4. The highest BCUT2D eigenvalue weighted by Crippen LogP contribution is 2.32. The van der Waals surface area contributed by atoms with Crippen LogP contribution >= 0.6 is 0 Å². The maximum Gasteiger partial charge on any atom is 0.232 e. The van der Waals surface area contributed by atoms with E-state index in [1.54, 1.807) is 4.90 Å². The van der Waals surface area contributed by atoms with E-state index >= 15 is 0 Å². The van der Waals surface area contributed by atoms with E-state index in [2.05, 4.69) is 36.1 Å². The number of benzene rings is 2. The largest absolute Gasteiger partial charge is 0.339 e. The molecular formula is C20H19N3O2. The van der Waals surface area contributed by atoms with Crippen LogP contribution in [-0.2, 0) is 4.79 Å². The van der Waals surface area contributed by atoms with Gasteiger partial charge in [-0.05, 0) is 43.2 Å². The van der Waals surface area contributed by atoms with Crippen LogP contribution in [0, 0.1) is 13.8 Å². The minimum absolute atomic E-state index is 0.0690. The van der Waals surface area contributed by atoms with Crippen molar-refractivity contribution in [2.24, 2.45) is 0 Å². The Balaban J connectivity index is 1.56. The first-order valence-electron chi connectivity index (χ1n) is 8.38. The number of anilines is 1. The molecule has 0 spiro atoms. The summed E-state index contributed by atoms with van der Waals surface area (Å²) in [5.74, 6) is 1.12. The van der Waals surface area contributed by atoms with Crippen molar-refractivity contribution in [3.8, 4) is 11.4 Å². The molecule has 2 aromatic carbocycles. The van der Waals surface area contributed by atoms with Crippen LogP contribution in [0.1, 0.15) is 29.4 Å². The molecule has 1 fully saturated rings. The van der Waals surface area contributed by atoms with Crippen LogP contribution in [0.3, 0.4) is 0 Å². The molecule has 0 N–H and O–H groups in total. The average molecular weight is 333 g/mol. The monoisotopic (exact) mass is 333 g/mol. The summed E-state index contributed by atoms with van der Waals surface area (Å²) in [6.07, 6.45) is 0.392. The summed E-state index contributed by atoms with van der Waals surface area (Å²) in [5.41, 5.74) is 4.26. The lowest BCUT2D eigenvalue weighted by Gasteiger charge is -2.15. The molecular weight excluding hydrogens is 314 g/mol. The van der Waals surface area contributed by atoms with Gasteiger partial charge < -0.3 is 9.42 Å². The molecule has 0 aliphatic carbocycles. The molecule has 0 saturated carbocycles. The van der Waals surface area contributed by atoms with Crippen LogP contribution in [0.25, 0.3) is 11.4 Å². The van der Waals surface area contributed by atoms with Crippen LogP contribution in [0.2, 0.25) is 0 Å². The fraction of sp³-hybridized carbons (Fsp3) is 0.250. The average Bonchev–Trinajstić information content (AvgIpc) is 3.25. The lowest BCUT2D eigenvalue weighted by molar-refractivity contribution is -0.117. The van der Waals surface area contributed by atoms with Crippen LogP contribution in [-0.4, -0.2) is 22.6 Å². The summed E-state index contributed by atoms with van der Waals surface area (Å²) in [5, 5.41) is 4.11. The molecule has 1 aromatic heterocycles. The lowest BCUT2D eigenvalue weighted by Crippen LogP contribution is -2.24. The van der Waals surface area contributed by atoms with Gasteiger partial charge in [0.25, 0.3) is 0 Å². The third-order valence-electron chi connectivity index (χ3n) is 4.75. The second kappa shape index (κ2) is 6.16. The number of hydrogen-bond donors (Lipinski definition) is 0. The second-order valence-electron chi connectivity index (χ2n) is 6.50. The van der Waals surface area contributed by atoms with Crippen molar-refractivity contribution in [3.05, 3.63) is 65.5 Å². The number of carbonyl (C=O) groups is 1. The van der Waals surface area contributed by atoms with Gasteiger partial charge in [-0.1, -0.05) is 35.5 Å². The number of para-hydroxylation sites is 1. The van der Waals surface area contributed by atoms with Crippen molar-refractivity contribution in [1.29, 1.82) is 0 Å². The molecule has 126 valence electrons. The predicted octanol–water partition coefficient (Wildman–Crippen LogP) is 3.87. The molecule has 0 radical (unpaired) electrons. The molecule has 1 aliphatic rings. The van der Waals surface area contributed by atoms with E-state index in [4.69, 9.17) is 4.52 Å². The highest BCUT2D eigenvalue weighted by Gasteiger charge is 2.35. The molecule has 1 saturated heterocycles. The Morgan fingerprint density at radius 3 is 2.64 bits per heavy atom. The zero-order valence-corrected chi connectivity index (χ0v) is 14.3. The Labute approximate surface area is 146 Å². The molecule has 1 amide bonds. The van der Waals surface area contributed by atoms with Crippen LogP contribution in [0.5, 0.6) is 0 Å². The Bertz CT molecular complexity index is 918. The van der Waals surface area contributed by atoms with E-state index in [-0.39, 0.29) is 11.8 Å². The van der Waals surface area contributed by atoms with Crippen molar-refractivity contribution >= 4 is 11.6 Å². The molecule has 3 aromatic rings. The number of aromatic nitrogens is 2. The van der Waals surface area contributed by atoms with E-state index in [9.17, 15) is 4.79 Å². The van der Waals surface area contributed by atoms with E-state index in [0.717, 1.165) is 11.3 Å². The number of carbonyl (C=O) groups excluding carboxylic acids is 1. The van der Waals surface area contributed by atoms with Gasteiger partial charge in [-0.2, -0.15) is 4.98 Å². The third-order valence-corrected chi connectivity index (χ3v) is 4.75. The first-order valence-corrected chi connectivity index (χ1v) is 8.38. The Morgan fingerprint density at radius 2 is 1.88 bits per heavy atom. The first kappa shape index (κ1) is 15.6. The SMILES string of the molecule is Cc1ccc(-c2noc(C3CC(=O)N(c4ccccc4)C3)n2)cc1C. The zero-order valence-electron chi connectivity index (χ0n) is 14.3. The minimum atomic E-state index is -0.0690. The van der Waals surface area contributed by atoms with Crippen molar-refractivity contribution < 1.29 is 9.32 Å². The summed E-state index contributed by atoms with van der Waals surface area (Å²) in [4.78, 5) is 18.7. The Kier molecular flexibility index (Phi) is 3.84. The van der Waals surface area contributed by atoms with E-state index in [1.165, 1.54) is 11.1 Å². The molecule has 1 aliphatic heterocycles. The lowest BCUT2D eigenvalue weighted by atomic mass is 10.1. The highest BCUT2D eigenvalue weighted by molar-refractivity contribution is 5.96. The van der Waals surface area contributed by atoms with Crippen molar-refractivity contribution in [2.45, 2.75) is 26.2 Å². The van der Waals surface area contributed by atoms with Gasteiger partial charge in [-0.15, -0.1) is 0 Å². The molecule has 25 heavy (non-hydrogen) atoms. The molecule has 1 atom stereocenters. The van der Waals surface area contributed by atoms with Gasteiger partial charge in [0.05, 0.1) is 5.92 Å². The summed E-state index contributed by atoms with van der Waals surface area (Å²) in [6, 6.07) is 15.8. The summed E-state index contributed by atoms with van der Waals surface area (Å²) < 4.78 is 5.47. The van der Waals surface area contributed by atoms with Gasteiger partial charge >= 0.3 is 0 Å². The second-order valence-corrected chi connectivity index (χ2v) is 6.50. The number of hydrogen-bond acceptors (Lipinski definition) is 4. The van der Waals surface area contributed by atoms with E-state index in [1.807, 2.05) is 36.4 Å². The van der Waals surface area contributed by atoms with Gasteiger partial charge in [0.15, 0.2) is 0 Å². The standard InChI is InChI=1S/C20H19N3O2/c1-13-8-9-15(10-14(13)2)19-21-20(25-22-19)16-11-18(24)23(12-16)17-6-4-3-5-7-17/h3-10,16H,11-12H2,1-2H3. The fourth-order valence-corrected chi connectivity index (χ4v) is 3.13. The van der Waals surface area contributed by atoms with Gasteiger partial charge in [0.2, 0.25) is 17.6 Å². The quantitative estimate of drug-likeness (QED) is 0.730. The molecule has 1 unspecified atom stereocenters. The van der Waals surface area contributed by atoms with Gasteiger partial charge in [0.1, 0.15) is 0 Å². The van der Waals surface area contributed by atoms with Crippen molar-refractivity contribution in [3.63, 3.8) is 0 Å². The molecule has 2 heterocycles. The minimum Gasteiger partial charge on any atom is -0.339 e. The number of nitrogens with zero attached hydrogens (tertiary/aromatic N) is 3. The number of rotatable bonds is 3. The first-order chi connectivity index (χ1) is 12.1. The fourth-order valence-electron chi connectivity index (χ4n) is 3.13. The summed E-state index contributed by atoms with van der Waals surface area (Å²) >= 11 is 0. The number of amides is 1. The summed E-state index contributed by atoms with van der Waals surface area (Å²) in [7, 11) is 0. The van der Waals surface area contributed by atoms with Gasteiger partial charge in [0, 0.05) is 24.2 Å². The summed E-state index contributed by atoms with van der Waals surface area (Å²) in [6.45, 7) is 4.70. The molecule has 4 rings (SSSR count). The molecule has 5 heteroatoms. The maximum atomic E-state index is 12.4. The van der Waals surface area contributed by atoms with Gasteiger partial charge in [-0.3, -0.25) is 4.79 Å². The Hall–Kier alpha value is -2.95. The highest BCUT2D eigenvalue weighted by atomic mass is 16.5. The van der Waals surface area contributed by atoms with Crippen LogP contribution in [0.15, 0.2) is 53.1 Å². The van der Waals surface area contributed by atoms with Crippen molar-refractivity contribution in [2.75, 3.05) is 11.4 Å².